The van der Waals surface area contributed by atoms with Crippen LogP contribution in [0.4, 0.5) is 5.69 Å². The number of hydrogen-bond donors (Lipinski definition) is 2. The van der Waals surface area contributed by atoms with E-state index in [0.717, 1.165) is 64.0 Å². The average molecular weight is 392 g/mol. The van der Waals surface area contributed by atoms with Gasteiger partial charge in [-0.15, -0.1) is 0 Å². The van der Waals surface area contributed by atoms with Crippen LogP contribution in [-0.4, -0.2) is 32.1 Å². The molecule has 0 aromatic heterocycles. The summed E-state index contributed by atoms with van der Waals surface area (Å²) >= 11 is 0. The number of carbonyl (C=O) groups is 1. The Balaban J connectivity index is 1.44. The standard InChI is InChI=1S/C25H33N3O/c1-18-5-6-23(19(2)14-18)17-28-13-3-4-21-15-22(7-8-24(21)28)25(29)27-16-20-9-11-26-12-10-20/h5-8,14-15,20,26H,3-4,9-13,16-17H2,1-2H3,(H,27,29). The average Bonchev–Trinajstić information content (AvgIpc) is 2.74. The molecule has 0 aliphatic carbocycles. The second kappa shape index (κ2) is 9.00. The summed E-state index contributed by atoms with van der Waals surface area (Å²) in [6.07, 6.45) is 4.49. The molecule has 29 heavy (non-hydrogen) atoms. The van der Waals surface area contributed by atoms with Crippen molar-refractivity contribution in [1.29, 1.82) is 0 Å². The molecule has 2 aliphatic heterocycles. The van der Waals surface area contributed by atoms with Crippen molar-refractivity contribution in [1.82, 2.24) is 10.6 Å². The molecule has 2 aromatic rings. The van der Waals surface area contributed by atoms with E-state index in [1.165, 1.54) is 27.9 Å². The number of hydrogen-bond acceptors (Lipinski definition) is 3. The molecule has 0 unspecified atom stereocenters. The van der Waals surface area contributed by atoms with Crippen LogP contribution in [0.5, 0.6) is 0 Å². The summed E-state index contributed by atoms with van der Waals surface area (Å²) in [4.78, 5) is 15.1. The summed E-state index contributed by atoms with van der Waals surface area (Å²) in [5, 5.41) is 6.54. The van der Waals surface area contributed by atoms with Crippen LogP contribution in [0.25, 0.3) is 0 Å². The monoisotopic (exact) mass is 391 g/mol. The molecule has 4 nitrogen and oxygen atoms in total. The third-order valence-electron chi connectivity index (χ3n) is 6.43. The molecule has 2 aromatic carbocycles. The Morgan fingerprint density at radius 3 is 2.76 bits per heavy atom. The Bertz CT molecular complexity index is 870. The Hall–Kier alpha value is -2.33. The maximum Gasteiger partial charge on any atom is 0.251 e. The van der Waals surface area contributed by atoms with Gasteiger partial charge in [-0.1, -0.05) is 23.8 Å². The van der Waals surface area contributed by atoms with Gasteiger partial charge in [0.1, 0.15) is 0 Å². The zero-order chi connectivity index (χ0) is 20.2. The van der Waals surface area contributed by atoms with Gasteiger partial charge in [0.25, 0.3) is 5.91 Å². The van der Waals surface area contributed by atoms with Crippen molar-refractivity contribution in [3.8, 4) is 0 Å². The number of rotatable bonds is 5. The maximum absolute atomic E-state index is 12.7. The molecule has 2 N–H and O–H groups in total. The third kappa shape index (κ3) is 4.81. The van der Waals surface area contributed by atoms with Gasteiger partial charge in [-0.05, 0) is 93.4 Å². The van der Waals surface area contributed by atoms with Gasteiger partial charge in [-0.3, -0.25) is 4.79 Å². The molecule has 4 heteroatoms. The van der Waals surface area contributed by atoms with E-state index in [1.807, 2.05) is 6.07 Å². The number of benzene rings is 2. The molecule has 154 valence electrons. The number of nitrogens with zero attached hydrogens (tertiary/aromatic N) is 1. The lowest BCUT2D eigenvalue weighted by atomic mass is 9.96. The summed E-state index contributed by atoms with van der Waals surface area (Å²) in [5.41, 5.74) is 7.43. The van der Waals surface area contributed by atoms with Crippen molar-refractivity contribution < 1.29 is 4.79 Å². The predicted molar refractivity (Wildman–Crippen MR) is 120 cm³/mol. The highest BCUT2D eigenvalue weighted by Crippen LogP contribution is 2.30. The maximum atomic E-state index is 12.7. The number of piperidine rings is 1. The van der Waals surface area contributed by atoms with E-state index >= 15 is 0 Å². The fourth-order valence-electron chi connectivity index (χ4n) is 4.63. The van der Waals surface area contributed by atoms with Crippen LogP contribution < -0.4 is 15.5 Å². The number of amides is 1. The Morgan fingerprint density at radius 2 is 1.97 bits per heavy atom. The summed E-state index contributed by atoms with van der Waals surface area (Å²) < 4.78 is 0. The van der Waals surface area contributed by atoms with E-state index in [1.54, 1.807) is 0 Å². The van der Waals surface area contributed by atoms with Gasteiger partial charge in [-0.25, -0.2) is 0 Å². The molecule has 2 aliphatic rings. The minimum absolute atomic E-state index is 0.0674. The SMILES string of the molecule is Cc1ccc(CN2CCCc3cc(C(=O)NCC4CCNCC4)ccc32)c(C)c1. The number of anilines is 1. The Kier molecular flexibility index (Phi) is 6.19. The van der Waals surface area contributed by atoms with Gasteiger partial charge in [-0.2, -0.15) is 0 Å². The van der Waals surface area contributed by atoms with E-state index in [9.17, 15) is 4.79 Å². The van der Waals surface area contributed by atoms with Gasteiger partial charge in [0, 0.05) is 30.9 Å². The first-order chi connectivity index (χ1) is 14.1. The van der Waals surface area contributed by atoms with Gasteiger partial charge >= 0.3 is 0 Å². The van der Waals surface area contributed by atoms with Gasteiger partial charge < -0.3 is 15.5 Å². The van der Waals surface area contributed by atoms with Crippen molar-refractivity contribution in [3.05, 3.63) is 64.2 Å². The first kappa shape index (κ1) is 20.0. The molecule has 1 amide bonds. The van der Waals surface area contributed by atoms with Crippen LogP contribution in [0.3, 0.4) is 0 Å². The van der Waals surface area contributed by atoms with Gasteiger partial charge in [0.05, 0.1) is 0 Å². The van der Waals surface area contributed by atoms with Crippen LogP contribution in [0.15, 0.2) is 36.4 Å². The van der Waals surface area contributed by atoms with Crippen molar-refractivity contribution >= 4 is 11.6 Å². The first-order valence-electron chi connectivity index (χ1n) is 11.0. The molecule has 1 fully saturated rings. The van der Waals surface area contributed by atoms with Gasteiger partial charge in [0.15, 0.2) is 0 Å². The van der Waals surface area contributed by atoms with E-state index in [0.29, 0.717) is 5.92 Å². The molecule has 1 saturated heterocycles. The quantitative estimate of drug-likeness (QED) is 0.810. The van der Waals surface area contributed by atoms with Gasteiger partial charge in [0.2, 0.25) is 0 Å². The molecule has 0 atom stereocenters. The summed E-state index contributed by atoms with van der Waals surface area (Å²) in [6, 6.07) is 13.0. The van der Waals surface area contributed by atoms with E-state index in [4.69, 9.17) is 0 Å². The molecule has 0 saturated carbocycles. The zero-order valence-electron chi connectivity index (χ0n) is 17.8. The lowest BCUT2D eigenvalue weighted by molar-refractivity contribution is 0.0944. The third-order valence-corrected chi connectivity index (χ3v) is 6.43. The molecule has 2 heterocycles. The number of carbonyl (C=O) groups excluding carboxylic acids is 1. The van der Waals surface area contributed by atoms with Crippen LogP contribution >= 0.6 is 0 Å². The van der Waals surface area contributed by atoms with E-state index in [2.05, 4.69) is 59.7 Å². The largest absolute Gasteiger partial charge is 0.367 e. The molecule has 0 bridgehead atoms. The van der Waals surface area contributed by atoms with Crippen LogP contribution in [-0.2, 0) is 13.0 Å². The molecular formula is C25H33N3O. The second-order valence-corrected chi connectivity index (χ2v) is 8.70. The summed E-state index contributed by atoms with van der Waals surface area (Å²) in [6.45, 7) is 9.26. The van der Waals surface area contributed by atoms with E-state index in [-0.39, 0.29) is 5.91 Å². The smallest absolute Gasteiger partial charge is 0.251 e. The first-order valence-corrected chi connectivity index (χ1v) is 11.0. The van der Waals surface area contributed by atoms with Crippen LogP contribution in [0.1, 0.15) is 51.9 Å². The fourth-order valence-corrected chi connectivity index (χ4v) is 4.63. The fraction of sp³-hybridized carbons (Fsp3) is 0.480. The Morgan fingerprint density at radius 1 is 1.14 bits per heavy atom. The summed E-state index contributed by atoms with van der Waals surface area (Å²) in [5.74, 6) is 0.670. The van der Waals surface area contributed by atoms with E-state index < -0.39 is 0 Å². The zero-order valence-corrected chi connectivity index (χ0v) is 17.8. The molecule has 0 spiro atoms. The molecule has 4 rings (SSSR count). The predicted octanol–water partition coefficient (Wildman–Crippen LogP) is 3.99. The topological polar surface area (TPSA) is 44.4 Å². The highest BCUT2D eigenvalue weighted by atomic mass is 16.1. The van der Waals surface area contributed by atoms with Crippen molar-refractivity contribution in [2.75, 3.05) is 31.1 Å². The lowest BCUT2D eigenvalue weighted by Crippen LogP contribution is -2.36. The van der Waals surface area contributed by atoms with Crippen molar-refractivity contribution in [2.24, 2.45) is 5.92 Å². The molecular weight excluding hydrogens is 358 g/mol. The lowest BCUT2D eigenvalue weighted by Gasteiger charge is -2.32. The highest BCUT2D eigenvalue weighted by molar-refractivity contribution is 5.95. The summed E-state index contributed by atoms with van der Waals surface area (Å²) in [7, 11) is 0. The van der Waals surface area contributed by atoms with Crippen LogP contribution in [0, 0.1) is 19.8 Å². The molecule has 0 radical (unpaired) electrons. The minimum atomic E-state index is 0.0674. The Labute approximate surface area is 174 Å². The van der Waals surface area contributed by atoms with Crippen molar-refractivity contribution in [2.45, 2.75) is 46.1 Å². The van der Waals surface area contributed by atoms with Crippen LogP contribution in [0.2, 0.25) is 0 Å². The highest BCUT2D eigenvalue weighted by Gasteiger charge is 2.20. The normalized spacial score (nSPS) is 17.1. The van der Waals surface area contributed by atoms with Crippen molar-refractivity contribution in [3.63, 3.8) is 0 Å². The number of aryl methyl sites for hydroxylation is 3. The minimum Gasteiger partial charge on any atom is -0.367 e. The number of nitrogens with one attached hydrogen (secondary N) is 2. The number of fused-ring (bicyclic) bond motifs is 1. The second-order valence-electron chi connectivity index (χ2n) is 8.70.